The van der Waals surface area contributed by atoms with E-state index in [2.05, 4.69) is 486 Å². The van der Waals surface area contributed by atoms with Crippen molar-refractivity contribution in [3.05, 3.63) is 484 Å². The van der Waals surface area contributed by atoms with Crippen molar-refractivity contribution in [1.82, 2.24) is 0 Å². The highest BCUT2D eigenvalue weighted by Gasteiger charge is 2.32. The number of rotatable bonds is 21. The van der Waals surface area contributed by atoms with Gasteiger partial charge in [-0.15, -0.1) is 0 Å². The molecule has 582 valence electrons. The van der Waals surface area contributed by atoms with Crippen molar-refractivity contribution in [2.75, 3.05) is 24.5 Å². The molecule has 0 spiro atoms. The van der Waals surface area contributed by atoms with Crippen LogP contribution in [0.3, 0.4) is 0 Å². The monoisotopic (exact) mass is 1570 g/mol. The lowest BCUT2D eigenvalue weighted by Crippen LogP contribution is -2.31. The Morgan fingerprint density at radius 2 is 0.574 bits per heavy atom. The van der Waals surface area contributed by atoms with Crippen molar-refractivity contribution in [3.8, 4) is 55.6 Å². The van der Waals surface area contributed by atoms with Gasteiger partial charge in [0.15, 0.2) is 0 Å². The van der Waals surface area contributed by atoms with Gasteiger partial charge in [-0.1, -0.05) is 304 Å². The number of benzene rings is 17. The van der Waals surface area contributed by atoms with Gasteiger partial charge in [-0.25, -0.2) is 0 Å². The molecule has 21 rings (SSSR count). The van der Waals surface area contributed by atoms with E-state index in [1.54, 1.807) is 0 Å². The normalized spacial score (nSPS) is 14.4. The molecule has 122 heavy (non-hydrogen) atoms. The van der Waals surface area contributed by atoms with Crippen LogP contribution in [0.2, 0.25) is 0 Å². The zero-order chi connectivity index (χ0) is 81.3. The zero-order valence-electron chi connectivity index (χ0n) is 67.5. The van der Waals surface area contributed by atoms with E-state index < -0.39 is 0 Å². The summed E-state index contributed by atoms with van der Waals surface area (Å²) in [7, 11) is 0. The summed E-state index contributed by atoms with van der Waals surface area (Å²) in [6.45, 7) is 2.32. The molecule has 0 radical (unpaired) electrons. The Labute approximate surface area is 711 Å². The quantitative estimate of drug-likeness (QED) is 0.0710. The van der Waals surface area contributed by atoms with Gasteiger partial charge in [0, 0.05) is 118 Å². The van der Waals surface area contributed by atoms with Crippen molar-refractivity contribution in [3.63, 3.8) is 0 Å². The Hall–Kier alpha value is -15.7. The number of hydrogen-bond acceptors (Lipinski definition) is 7. The van der Waals surface area contributed by atoms with Crippen LogP contribution in [0.4, 0.5) is 68.2 Å². The number of allylic oxidation sites excluding steroid dienone is 4. The van der Waals surface area contributed by atoms with Gasteiger partial charge in [0.05, 0.1) is 6.04 Å². The lowest BCUT2D eigenvalue weighted by molar-refractivity contribution is 0.577. The van der Waals surface area contributed by atoms with E-state index in [9.17, 15) is 0 Å². The SMILES string of the molecule is CC1(c2cccc3c2oc2ccccc23)C=CC(N(c2ccc(-c3ccc(-c4ccc(-c5ccc(N(C6=CCC(N(c7ccc(-c8ccccc8)cc7)c7ccc(N(c8ccccc8)c8ccccc8)cc7)C=C6)c6ccc(N(c7ccccc7)c7ccccc7)cc6)cc5)cc4)cc3)cc2)c2cccc(-c3cccc4c3oc3ccccc34)c2)=CC1. The molecule has 7 nitrogen and oxygen atoms in total. The average Bonchev–Trinajstić information content (AvgIpc) is 1.67. The molecule has 0 N–H and O–H groups in total. The van der Waals surface area contributed by atoms with Crippen molar-refractivity contribution in [2.24, 2.45) is 0 Å². The second-order valence-corrected chi connectivity index (χ2v) is 31.7. The van der Waals surface area contributed by atoms with Crippen LogP contribution in [-0.2, 0) is 5.41 Å². The average molecular weight is 1570 g/mol. The minimum absolute atomic E-state index is 0.00514. The van der Waals surface area contributed by atoms with Crippen LogP contribution in [0.1, 0.15) is 25.3 Å². The first-order valence-corrected chi connectivity index (χ1v) is 42.0. The molecule has 0 aliphatic heterocycles. The van der Waals surface area contributed by atoms with Gasteiger partial charge in [0.1, 0.15) is 22.3 Å². The van der Waals surface area contributed by atoms with Crippen molar-refractivity contribution in [1.29, 1.82) is 0 Å². The molecule has 0 fully saturated rings. The topological polar surface area (TPSA) is 42.5 Å². The molecule has 2 aromatic heterocycles. The largest absolute Gasteiger partial charge is 0.456 e. The van der Waals surface area contributed by atoms with Crippen LogP contribution in [0.5, 0.6) is 0 Å². The maximum atomic E-state index is 6.63. The van der Waals surface area contributed by atoms with E-state index in [4.69, 9.17) is 8.83 Å². The minimum Gasteiger partial charge on any atom is -0.456 e. The van der Waals surface area contributed by atoms with Crippen LogP contribution in [0, 0.1) is 0 Å². The summed E-state index contributed by atoms with van der Waals surface area (Å²) in [6.07, 6.45) is 15.7. The highest BCUT2D eigenvalue weighted by molar-refractivity contribution is 6.10. The van der Waals surface area contributed by atoms with Gasteiger partial charge in [0.2, 0.25) is 0 Å². The number of anilines is 12. The standard InChI is InChI=1S/C115H85N5O2/c1-115(110-41-23-40-109-107-37-18-20-43-112(107)122-114(109)110)78-76-103(77-79-115)120(104-35-21-26-89(80-104)105-38-22-39-108-106-36-17-19-42-111(106)121-113(105)108)96-62-56-88(57-63-96)85-50-46-83(47-51-85)82-44-48-84(49-45-82)87-54-60-95(61-55-87)119(100-70-66-98(67-71-100)117(92-31-13-5-14-32-92)93-33-15-6-16-34-93)102-74-72-101(73-75-102)118(94-58-52-86(53-59-94)81-24-7-2-8-25-81)99-68-64-97(65-69-99)116(90-27-9-3-10-28-90)91-29-11-4-12-30-91/h2-72,74-78,80,101H,73,79H2,1H3. The number of para-hydroxylation sites is 8. The molecule has 0 saturated heterocycles. The second kappa shape index (κ2) is 32.3. The van der Waals surface area contributed by atoms with Crippen LogP contribution < -0.4 is 24.5 Å². The molecular formula is C115H85N5O2. The summed E-state index contributed by atoms with van der Waals surface area (Å²) in [5, 5.41) is 4.50. The Morgan fingerprint density at radius 3 is 1.02 bits per heavy atom. The van der Waals surface area contributed by atoms with E-state index in [0.29, 0.717) is 0 Å². The number of hydrogen-bond donors (Lipinski definition) is 0. The summed E-state index contributed by atoms with van der Waals surface area (Å²) in [4.78, 5) is 11.9. The minimum atomic E-state index is -0.307. The molecule has 19 aromatic rings. The zero-order valence-corrected chi connectivity index (χ0v) is 67.5. The van der Waals surface area contributed by atoms with Crippen LogP contribution in [0.25, 0.3) is 99.5 Å². The van der Waals surface area contributed by atoms with E-state index in [0.717, 1.165) is 181 Å². The first kappa shape index (κ1) is 73.9. The smallest absolute Gasteiger partial charge is 0.143 e. The lowest BCUT2D eigenvalue weighted by atomic mass is 9.76. The fraction of sp³-hybridized carbons (Fsp3) is 0.0435. The number of fused-ring (bicyclic) bond motifs is 6. The fourth-order valence-corrected chi connectivity index (χ4v) is 17.9. The van der Waals surface area contributed by atoms with E-state index in [1.807, 2.05) is 12.1 Å². The summed E-state index contributed by atoms with van der Waals surface area (Å²) in [5.41, 5.74) is 31.0. The Bertz CT molecular complexity index is 7010. The third-order valence-electron chi connectivity index (χ3n) is 24.2. The van der Waals surface area contributed by atoms with Crippen molar-refractivity contribution < 1.29 is 8.83 Å². The molecule has 0 saturated carbocycles. The van der Waals surface area contributed by atoms with Gasteiger partial charge >= 0.3 is 0 Å². The molecule has 2 aliphatic rings. The highest BCUT2D eigenvalue weighted by atomic mass is 16.3. The maximum Gasteiger partial charge on any atom is 0.143 e. The molecule has 7 heteroatoms. The molecule has 2 aliphatic carbocycles. The van der Waals surface area contributed by atoms with E-state index in [1.165, 1.54) is 16.7 Å². The van der Waals surface area contributed by atoms with Gasteiger partial charge in [-0.3, -0.25) is 0 Å². The van der Waals surface area contributed by atoms with E-state index in [-0.39, 0.29) is 11.5 Å². The third-order valence-corrected chi connectivity index (χ3v) is 24.2. The van der Waals surface area contributed by atoms with Gasteiger partial charge < -0.3 is 33.3 Å². The van der Waals surface area contributed by atoms with Crippen molar-refractivity contribution >= 4 is 112 Å². The summed E-state index contributed by atoms with van der Waals surface area (Å²) in [6, 6.07) is 155. The molecule has 2 atom stereocenters. The molecule has 0 amide bonds. The molecule has 2 unspecified atom stereocenters. The van der Waals surface area contributed by atoms with Gasteiger partial charge in [0.25, 0.3) is 0 Å². The van der Waals surface area contributed by atoms with Crippen LogP contribution in [0.15, 0.2) is 487 Å². The predicted octanol–water partition coefficient (Wildman–Crippen LogP) is 31.9. The first-order valence-electron chi connectivity index (χ1n) is 42.0. The van der Waals surface area contributed by atoms with Crippen LogP contribution in [-0.4, -0.2) is 6.04 Å². The Balaban J connectivity index is 0.562. The lowest BCUT2D eigenvalue weighted by Gasteiger charge is -2.35. The summed E-state index contributed by atoms with van der Waals surface area (Å²) >= 11 is 0. The fourth-order valence-electron chi connectivity index (χ4n) is 17.9. The van der Waals surface area contributed by atoms with Crippen molar-refractivity contribution in [2.45, 2.75) is 31.2 Å². The highest BCUT2D eigenvalue weighted by Crippen LogP contribution is 2.48. The molecule has 17 aromatic carbocycles. The predicted molar refractivity (Wildman–Crippen MR) is 511 cm³/mol. The number of nitrogens with zero attached hydrogens (tertiary/aromatic N) is 5. The molecule has 2 heterocycles. The van der Waals surface area contributed by atoms with E-state index >= 15 is 0 Å². The van der Waals surface area contributed by atoms with Crippen LogP contribution >= 0.6 is 0 Å². The molecule has 0 bridgehead atoms. The Morgan fingerprint density at radius 1 is 0.254 bits per heavy atom. The maximum absolute atomic E-state index is 6.63. The van der Waals surface area contributed by atoms with Gasteiger partial charge in [-0.05, 0) is 233 Å². The Kier molecular flexibility index (Phi) is 19.6. The second-order valence-electron chi connectivity index (χ2n) is 31.7. The summed E-state index contributed by atoms with van der Waals surface area (Å²) in [5.74, 6) is 0. The van der Waals surface area contributed by atoms with Gasteiger partial charge in [-0.2, -0.15) is 0 Å². The third kappa shape index (κ3) is 14.4. The summed E-state index contributed by atoms with van der Waals surface area (Å²) < 4.78 is 13.3. The first-order chi connectivity index (χ1) is 60.3. The molecular weight excluding hydrogens is 1480 g/mol. The number of furan rings is 2.